The molecule has 3 rings (SSSR count). The average Bonchev–Trinajstić information content (AvgIpc) is 2.87. The second-order valence-electron chi connectivity index (χ2n) is 7.64. The minimum atomic E-state index is 0.0535. The topological polar surface area (TPSA) is 23.6 Å². The number of hydrogen-bond donors (Lipinski definition) is 0. The summed E-state index contributed by atoms with van der Waals surface area (Å²) in [4.78, 5) is 17.2. The minimum absolute atomic E-state index is 0.0535. The molecule has 2 aliphatic heterocycles. The lowest BCUT2D eigenvalue weighted by molar-refractivity contribution is -0.121. The van der Waals surface area contributed by atoms with E-state index in [0.29, 0.717) is 17.8 Å². The lowest BCUT2D eigenvalue weighted by Crippen LogP contribution is -2.43. The fourth-order valence-electron chi connectivity index (χ4n) is 4.06. The molecule has 3 heteroatoms. The third-order valence-corrected chi connectivity index (χ3v) is 4.94. The largest absolute Gasteiger partial charge is 0.312 e. The van der Waals surface area contributed by atoms with E-state index < -0.39 is 0 Å². The summed E-state index contributed by atoms with van der Waals surface area (Å²) >= 11 is 0. The molecule has 0 spiro atoms. The Hall–Kier alpha value is -1.35. The van der Waals surface area contributed by atoms with Crippen LogP contribution in [0.5, 0.6) is 0 Å². The zero-order valence-electron chi connectivity index (χ0n) is 14.2. The number of carbonyl (C=O) groups excluding carboxylic acids is 1. The van der Waals surface area contributed by atoms with Gasteiger partial charge >= 0.3 is 0 Å². The van der Waals surface area contributed by atoms with Crippen LogP contribution in [-0.2, 0) is 4.79 Å². The van der Waals surface area contributed by atoms with Gasteiger partial charge in [0.1, 0.15) is 0 Å². The normalized spacial score (nSPS) is 24.7. The minimum Gasteiger partial charge on any atom is -0.312 e. The van der Waals surface area contributed by atoms with E-state index in [1.54, 1.807) is 0 Å². The molecule has 2 aliphatic rings. The smallest absolute Gasteiger partial charge is 0.229 e. The summed E-state index contributed by atoms with van der Waals surface area (Å²) in [5.41, 5.74) is 2.52. The Morgan fingerprint density at radius 2 is 1.86 bits per heavy atom. The molecule has 120 valence electrons. The van der Waals surface area contributed by atoms with Gasteiger partial charge in [0, 0.05) is 43.7 Å². The van der Waals surface area contributed by atoms with Gasteiger partial charge in [0.2, 0.25) is 5.91 Å². The lowest BCUT2D eigenvalue weighted by atomic mass is 9.83. The Bertz CT molecular complexity index is 552. The second-order valence-corrected chi connectivity index (χ2v) is 7.64. The molecule has 1 aromatic rings. The lowest BCUT2D eigenvalue weighted by Gasteiger charge is -2.37. The predicted molar refractivity (Wildman–Crippen MR) is 91.1 cm³/mol. The third kappa shape index (κ3) is 2.79. The summed E-state index contributed by atoms with van der Waals surface area (Å²) in [5.74, 6) is 2.18. The average molecular weight is 300 g/mol. The monoisotopic (exact) mass is 300 g/mol. The first kappa shape index (κ1) is 15.5. The molecular weight excluding hydrogens is 272 g/mol. The highest BCUT2D eigenvalue weighted by atomic mass is 16.2. The number of fused-ring (bicyclic) bond motifs is 3. The van der Waals surface area contributed by atoms with Crippen molar-refractivity contribution in [3.8, 4) is 0 Å². The van der Waals surface area contributed by atoms with Crippen molar-refractivity contribution in [2.45, 2.75) is 33.6 Å². The molecule has 1 aromatic carbocycles. The molecule has 1 amide bonds. The van der Waals surface area contributed by atoms with E-state index in [-0.39, 0.29) is 11.8 Å². The first-order valence-corrected chi connectivity index (χ1v) is 8.60. The zero-order valence-corrected chi connectivity index (χ0v) is 14.2. The Morgan fingerprint density at radius 3 is 2.55 bits per heavy atom. The van der Waals surface area contributed by atoms with Crippen LogP contribution in [0.25, 0.3) is 0 Å². The highest BCUT2D eigenvalue weighted by Crippen LogP contribution is 2.43. The molecule has 2 atom stereocenters. The van der Waals surface area contributed by atoms with Gasteiger partial charge in [-0.15, -0.1) is 0 Å². The summed E-state index contributed by atoms with van der Waals surface area (Å²) in [6.45, 7) is 12.9. The summed E-state index contributed by atoms with van der Waals surface area (Å²) in [7, 11) is 0. The third-order valence-electron chi connectivity index (χ3n) is 4.94. The molecule has 0 unspecified atom stereocenters. The van der Waals surface area contributed by atoms with E-state index in [1.165, 1.54) is 5.56 Å². The van der Waals surface area contributed by atoms with Crippen molar-refractivity contribution in [1.29, 1.82) is 0 Å². The number of para-hydroxylation sites is 1. The van der Waals surface area contributed by atoms with Crippen LogP contribution in [-0.4, -0.2) is 37.0 Å². The molecule has 1 fully saturated rings. The Kier molecular flexibility index (Phi) is 4.26. The van der Waals surface area contributed by atoms with Gasteiger partial charge in [0.15, 0.2) is 0 Å². The SMILES string of the molecule is CC(C)CN1C[C@H]2CN(C(=O)C(C)C)c3ccccc3[C@@H]2C1. The van der Waals surface area contributed by atoms with E-state index in [0.717, 1.165) is 31.9 Å². The molecule has 1 saturated heterocycles. The van der Waals surface area contributed by atoms with Crippen LogP contribution < -0.4 is 4.90 Å². The molecule has 2 heterocycles. The quantitative estimate of drug-likeness (QED) is 0.854. The Balaban J connectivity index is 1.90. The van der Waals surface area contributed by atoms with E-state index in [4.69, 9.17) is 0 Å². The van der Waals surface area contributed by atoms with Gasteiger partial charge in [-0.25, -0.2) is 0 Å². The van der Waals surface area contributed by atoms with Crippen molar-refractivity contribution in [3.63, 3.8) is 0 Å². The maximum absolute atomic E-state index is 12.6. The predicted octanol–water partition coefficient (Wildman–Crippen LogP) is 3.36. The van der Waals surface area contributed by atoms with Gasteiger partial charge in [-0.3, -0.25) is 4.79 Å². The number of anilines is 1. The summed E-state index contributed by atoms with van der Waals surface area (Å²) in [6, 6.07) is 8.52. The molecule has 22 heavy (non-hydrogen) atoms. The molecule has 3 nitrogen and oxygen atoms in total. The maximum atomic E-state index is 12.6. The van der Waals surface area contributed by atoms with Crippen molar-refractivity contribution in [1.82, 2.24) is 4.90 Å². The standard InChI is InChI=1S/C19H28N2O/c1-13(2)9-20-10-15-11-21(19(22)14(3)4)18-8-6-5-7-16(18)17(15)12-20/h5-8,13-15,17H,9-12H2,1-4H3/t15-,17+/m0/s1. The number of nitrogens with zero attached hydrogens (tertiary/aromatic N) is 2. The number of hydrogen-bond acceptors (Lipinski definition) is 2. The summed E-state index contributed by atoms with van der Waals surface area (Å²) < 4.78 is 0. The number of benzene rings is 1. The fraction of sp³-hybridized carbons (Fsp3) is 0.632. The molecule has 0 aromatic heterocycles. The van der Waals surface area contributed by atoms with Gasteiger partial charge in [-0.1, -0.05) is 45.9 Å². The van der Waals surface area contributed by atoms with Crippen LogP contribution in [0, 0.1) is 17.8 Å². The number of carbonyl (C=O) groups is 1. The van der Waals surface area contributed by atoms with E-state index in [9.17, 15) is 4.79 Å². The fourth-order valence-corrected chi connectivity index (χ4v) is 4.06. The maximum Gasteiger partial charge on any atom is 0.229 e. The van der Waals surface area contributed by atoms with Crippen LogP contribution in [0.15, 0.2) is 24.3 Å². The van der Waals surface area contributed by atoms with E-state index in [1.807, 2.05) is 18.7 Å². The first-order chi connectivity index (χ1) is 10.5. The first-order valence-electron chi connectivity index (χ1n) is 8.60. The molecule has 0 aliphatic carbocycles. The highest BCUT2D eigenvalue weighted by Gasteiger charge is 2.41. The van der Waals surface area contributed by atoms with Crippen molar-refractivity contribution in [2.75, 3.05) is 31.1 Å². The number of likely N-dealkylation sites (tertiary alicyclic amines) is 1. The van der Waals surface area contributed by atoms with E-state index >= 15 is 0 Å². The molecular formula is C19H28N2O. The van der Waals surface area contributed by atoms with Gasteiger partial charge in [0.25, 0.3) is 0 Å². The molecule has 0 saturated carbocycles. The summed E-state index contributed by atoms with van der Waals surface area (Å²) in [6.07, 6.45) is 0. The molecule has 0 radical (unpaired) electrons. The van der Waals surface area contributed by atoms with Gasteiger partial charge < -0.3 is 9.80 Å². The van der Waals surface area contributed by atoms with E-state index in [2.05, 4.69) is 43.0 Å². The summed E-state index contributed by atoms with van der Waals surface area (Å²) in [5, 5.41) is 0. The van der Waals surface area contributed by atoms with Crippen molar-refractivity contribution in [2.24, 2.45) is 17.8 Å². The Morgan fingerprint density at radius 1 is 1.14 bits per heavy atom. The van der Waals surface area contributed by atoms with Crippen molar-refractivity contribution < 1.29 is 4.79 Å². The van der Waals surface area contributed by atoms with Crippen LogP contribution in [0.2, 0.25) is 0 Å². The number of rotatable bonds is 3. The second kappa shape index (κ2) is 6.04. The molecule has 0 N–H and O–H groups in total. The van der Waals surface area contributed by atoms with Crippen LogP contribution >= 0.6 is 0 Å². The van der Waals surface area contributed by atoms with Crippen molar-refractivity contribution in [3.05, 3.63) is 29.8 Å². The van der Waals surface area contributed by atoms with Crippen molar-refractivity contribution >= 4 is 11.6 Å². The van der Waals surface area contributed by atoms with Gasteiger partial charge in [-0.2, -0.15) is 0 Å². The number of amides is 1. The van der Waals surface area contributed by atoms with Crippen LogP contribution in [0.4, 0.5) is 5.69 Å². The Labute approximate surface area is 134 Å². The highest BCUT2D eigenvalue weighted by molar-refractivity contribution is 5.96. The van der Waals surface area contributed by atoms with Gasteiger partial charge in [-0.05, 0) is 23.5 Å². The van der Waals surface area contributed by atoms with Gasteiger partial charge in [0.05, 0.1) is 0 Å². The van der Waals surface area contributed by atoms with Crippen LogP contribution in [0.1, 0.15) is 39.2 Å². The van der Waals surface area contributed by atoms with Crippen LogP contribution in [0.3, 0.4) is 0 Å². The molecule has 0 bridgehead atoms. The zero-order chi connectivity index (χ0) is 15.9.